The molecular formula is C17H24BrN3. The number of aryl methyl sites for hydroxylation is 3. The SMILES string of the molecule is CCNC(Cc1cc(C)nn1CC)c1ccc(Br)cc1C. The summed E-state index contributed by atoms with van der Waals surface area (Å²) in [5.41, 5.74) is 5.06. The first kappa shape index (κ1) is 16.2. The highest BCUT2D eigenvalue weighted by Gasteiger charge is 2.16. The highest BCUT2D eigenvalue weighted by atomic mass is 79.9. The summed E-state index contributed by atoms with van der Waals surface area (Å²) in [5, 5.41) is 8.17. The Bertz CT molecular complexity index is 604. The van der Waals surface area contributed by atoms with E-state index >= 15 is 0 Å². The first-order valence-electron chi connectivity index (χ1n) is 7.57. The second kappa shape index (κ2) is 7.23. The van der Waals surface area contributed by atoms with E-state index in [4.69, 9.17) is 0 Å². The molecule has 1 unspecified atom stereocenters. The Morgan fingerprint density at radius 3 is 2.62 bits per heavy atom. The Balaban J connectivity index is 2.30. The molecule has 0 amide bonds. The highest BCUT2D eigenvalue weighted by Crippen LogP contribution is 2.25. The molecule has 0 saturated carbocycles. The standard InChI is InChI=1S/C17H24BrN3/c1-5-19-17(16-8-7-14(18)9-12(16)3)11-15-10-13(4)20-21(15)6-2/h7-10,17,19H,5-6,11H2,1-4H3. The molecule has 0 radical (unpaired) electrons. The zero-order chi connectivity index (χ0) is 15.4. The summed E-state index contributed by atoms with van der Waals surface area (Å²) < 4.78 is 3.24. The van der Waals surface area contributed by atoms with Crippen LogP contribution in [0.5, 0.6) is 0 Å². The van der Waals surface area contributed by atoms with E-state index in [1.165, 1.54) is 16.8 Å². The lowest BCUT2D eigenvalue weighted by Gasteiger charge is -2.21. The minimum Gasteiger partial charge on any atom is -0.310 e. The van der Waals surface area contributed by atoms with Crippen LogP contribution >= 0.6 is 15.9 Å². The zero-order valence-corrected chi connectivity index (χ0v) is 14.9. The molecule has 0 saturated heterocycles. The number of nitrogens with zero attached hydrogens (tertiary/aromatic N) is 2. The Morgan fingerprint density at radius 1 is 1.24 bits per heavy atom. The Hall–Kier alpha value is -1.13. The topological polar surface area (TPSA) is 29.9 Å². The summed E-state index contributed by atoms with van der Waals surface area (Å²) in [5.74, 6) is 0. The van der Waals surface area contributed by atoms with Crippen LogP contribution in [0.3, 0.4) is 0 Å². The number of nitrogens with one attached hydrogen (secondary N) is 1. The average molecular weight is 350 g/mol. The van der Waals surface area contributed by atoms with Crippen LogP contribution in [0, 0.1) is 13.8 Å². The maximum Gasteiger partial charge on any atom is 0.0596 e. The van der Waals surface area contributed by atoms with Crippen LogP contribution in [0.25, 0.3) is 0 Å². The van der Waals surface area contributed by atoms with Crippen LogP contribution in [0.1, 0.15) is 42.4 Å². The van der Waals surface area contributed by atoms with Crippen molar-refractivity contribution in [3.05, 3.63) is 51.3 Å². The van der Waals surface area contributed by atoms with Crippen molar-refractivity contribution >= 4 is 15.9 Å². The third kappa shape index (κ3) is 3.95. The molecular weight excluding hydrogens is 326 g/mol. The van der Waals surface area contributed by atoms with Crippen LogP contribution < -0.4 is 5.32 Å². The molecule has 21 heavy (non-hydrogen) atoms. The fourth-order valence-corrected chi connectivity index (χ4v) is 3.29. The van der Waals surface area contributed by atoms with Gasteiger partial charge in [-0.2, -0.15) is 5.10 Å². The van der Waals surface area contributed by atoms with Crippen molar-refractivity contribution in [2.24, 2.45) is 0 Å². The van der Waals surface area contributed by atoms with Gasteiger partial charge in [0.15, 0.2) is 0 Å². The molecule has 1 N–H and O–H groups in total. The maximum absolute atomic E-state index is 4.55. The normalized spacial score (nSPS) is 12.6. The lowest BCUT2D eigenvalue weighted by atomic mass is 9.97. The minimum atomic E-state index is 0.324. The van der Waals surface area contributed by atoms with Crippen molar-refractivity contribution in [1.29, 1.82) is 0 Å². The van der Waals surface area contributed by atoms with Crippen LogP contribution in [-0.2, 0) is 13.0 Å². The van der Waals surface area contributed by atoms with Crippen LogP contribution in [0.15, 0.2) is 28.7 Å². The van der Waals surface area contributed by atoms with Gasteiger partial charge in [-0.1, -0.05) is 28.9 Å². The largest absolute Gasteiger partial charge is 0.310 e. The fourth-order valence-electron chi connectivity index (χ4n) is 2.81. The monoisotopic (exact) mass is 349 g/mol. The van der Waals surface area contributed by atoms with E-state index in [-0.39, 0.29) is 0 Å². The predicted octanol–water partition coefficient (Wildman–Crippen LogP) is 4.18. The quantitative estimate of drug-likeness (QED) is 0.847. The van der Waals surface area contributed by atoms with E-state index in [1.807, 2.05) is 0 Å². The van der Waals surface area contributed by atoms with Gasteiger partial charge in [0.05, 0.1) is 5.69 Å². The van der Waals surface area contributed by atoms with Gasteiger partial charge in [0.1, 0.15) is 0 Å². The molecule has 0 fully saturated rings. The second-order valence-corrected chi connectivity index (χ2v) is 6.32. The Morgan fingerprint density at radius 2 is 2.00 bits per heavy atom. The summed E-state index contributed by atoms with van der Waals surface area (Å²) in [6.07, 6.45) is 0.963. The second-order valence-electron chi connectivity index (χ2n) is 5.41. The van der Waals surface area contributed by atoms with Crippen molar-refractivity contribution in [3.63, 3.8) is 0 Å². The summed E-state index contributed by atoms with van der Waals surface area (Å²) in [4.78, 5) is 0. The van der Waals surface area contributed by atoms with E-state index < -0.39 is 0 Å². The van der Waals surface area contributed by atoms with Crippen LogP contribution in [0.4, 0.5) is 0 Å². The van der Waals surface area contributed by atoms with Crippen LogP contribution in [-0.4, -0.2) is 16.3 Å². The molecule has 0 aliphatic heterocycles. The third-order valence-electron chi connectivity index (χ3n) is 3.76. The first-order chi connectivity index (χ1) is 10.0. The van der Waals surface area contributed by atoms with Gasteiger partial charge in [-0.05, 0) is 56.6 Å². The molecule has 1 aromatic heterocycles. The molecule has 0 aliphatic carbocycles. The number of aromatic nitrogens is 2. The summed E-state index contributed by atoms with van der Waals surface area (Å²) in [6, 6.07) is 9.04. The number of hydrogen-bond acceptors (Lipinski definition) is 2. The number of benzene rings is 1. The molecule has 2 rings (SSSR count). The van der Waals surface area contributed by atoms with E-state index in [9.17, 15) is 0 Å². The number of halogens is 1. The molecule has 4 heteroatoms. The van der Waals surface area contributed by atoms with E-state index in [0.29, 0.717) is 6.04 Å². The van der Waals surface area contributed by atoms with Gasteiger partial charge in [-0.25, -0.2) is 0 Å². The minimum absolute atomic E-state index is 0.324. The molecule has 3 nitrogen and oxygen atoms in total. The van der Waals surface area contributed by atoms with Gasteiger partial charge in [-0.3, -0.25) is 4.68 Å². The van der Waals surface area contributed by atoms with Crippen LogP contribution in [0.2, 0.25) is 0 Å². The molecule has 0 spiro atoms. The van der Waals surface area contributed by atoms with Crippen molar-refractivity contribution in [2.45, 2.75) is 46.7 Å². The number of rotatable bonds is 6. The molecule has 1 atom stereocenters. The van der Waals surface area contributed by atoms with Crippen molar-refractivity contribution in [1.82, 2.24) is 15.1 Å². The van der Waals surface area contributed by atoms with Gasteiger partial charge < -0.3 is 5.32 Å². The van der Waals surface area contributed by atoms with E-state index in [2.05, 4.69) is 83.0 Å². The van der Waals surface area contributed by atoms with E-state index in [1.54, 1.807) is 0 Å². The summed E-state index contributed by atoms with van der Waals surface area (Å²) in [7, 11) is 0. The summed E-state index contributed by atoms with van der Waals surface area (Å²) in [6.45, 7) is 10.4. The van der Waals surface area contributed by atoms with Gasteiger partial charge >= 0.3 is 0 Å². The van der Waals surface area contributed by atoms with Crippen molar-refractivity contribution < 1.29 is 0 Å². The number of hydrogen-bond donors (Lipinski definition) is 1. The molecule has 1 heterocycles. The van der Waals surface area contributed by atoms with Gasteiger partial charge in [-0.15, -0.1) is 0 Å². The predicted molar refractivity (Wildman–Crippen MR) is 91.6 cm³/mol. The lowest BCUT2D eigenvalue weighted by Crippen LogP contribution is -2.24. The first-order valence-corrected chi connectivity index (χ1v) is 8.37. The molecule has 2 aromatic rings. The van der Waals surface area contributed by atoms with Crippen molar-refractivity contribution in [2.75, 3.05) is 6.54 Å². The van der Waals surface area contributed by atoms with E-state index in [0.717, 1.165) is 29.7 Å². The Labute approximate surface area is 135 Å². The zero-order valence-electron chi connectivity index (χ0n) is 13.3. The summed E-state index contributed by atoms with van der Waals surface area (Å²) >= 11 is 3.54. The number of likely N-dealkylation sites (N-methyl/N-ethyl adjacent to an activating group) is 1. The molecule has 0 aliphatic rings. The fraction of sp³-hybridized carbons (Fsp3) is 0.471. The molecule has 1 aromatic carbocycles. The van der Waals surface area contributed by atoms with Gasteiger partial charge in [0.25, 0.3) is 0 Å². The highest BCUT2D eigenvalue weighted by molar-refractivity contribution is 9.10. The van der Waals surface area contributed by atoms with Gasteiger partial charge in [0.2, 0.25) is 0 Å². The smallest absolute Gasteiger partial charge is 0.0596 e. The molecule has 114 valence electrons. The van der Waals surface area contributed by atoms with Gasteiger partial charge in [0, 0.05) is 29.2 Å². The molecule has 0 bridgehead atoms. The maximum atomic E-state index is 4.55. The Kier molecular flexibility index (Phi) is 5.59. The lowest BCUT2D eigenvalue weighted by molar-refractivity contribution is 0.514. The third-order valence-corrected chi connectivity index (χ3v) is 4.25. The van der Waals surface area contributed by atoms with Crippen molar-refractivity contribution in [3.8, 4) is 0 Å². The average Bonchev–Trinajstić information content (AvgIpc) is 2.78.